The highest BCUT2D eigenvalue weighted by atomic mass is 35.5. The summed E-state index contributed by atoms with van der Waals surface area (Å²) in [6.07, 6.45) is 3.53. The lowest BCUT2D eigenvalue weighted by molar-refractivity contribution is 0.0691. The first-order valence-electron chi connectivity index (χ1n) is 5.64. The van der Waals surface area contributed by atoms with Gasteiger partial charge in [0.2, 0.25) is 0 Å². The number of imidazole rings is 1. The minimum Gasteiger partial charge on any atom is -0.476 e. The molecule has 20 heavy (non-hydrogen) atoms. The number of rotatable bonds is 3. The molecule has 0 unspecified atom stereocenters. The van der Waals surface area contributed by atoms with Crippen LogP contribution in [0.4, 0.5) is 0 Å². The Bertz CT molecular complexity index is 810. The van der Waals surface area contributed by atoms with Crippen molar-refractivity contribution < 1.29 is 9.90 Å². The Kier molecular flexibility index (Phi) is 3.45. The number of nitrogens with zero attached hydrogens (tertiary/aromatic N) is 2. The normalized spacial score (nSPS) is 11.1. The summed E-state index contributed by atoms with van der Waals surface area (Å²) in [5.74, 6) is -1.02. The molecular weight excluding hydrogens is 316 g/mol. The molecule has 0 aliphatic rings. The van der Waals surface area contributed by atoms with Gasteiger partial charge in [0.1, 0.15) is 0 Å². The first-order valence-corrected chi connectivity index (χ1v) is 8.12. The first-order chi connectivity index (χ1) is 9.60. The second kappa shape index (κ2) is 5.12. The lowest BCUT2D eigenvalue weighted by Crippen LogP contribution is -1.95. The van der Waals surface area contributed by atoms with Crippen LogP contribution in [0.3, 0.4) is 0 Å². The van der Waals surface area contributed by atoms with Crippen LogP contribution < -0.4 is 0 Å². The van der Waals surface area contributed by atoms with Crippen LogP contribution in [0.1, 0.15) is 10.5 Å². The third-order valence-corrected chi connectivity index (χ3v) is 4.74. The van der Waals surface area contributed by atoms with Crippen molar-refractivity contribution >= 4 is 45.6 Å². The molecule has 2 aromatic heterocycles. The van der Waals surface area contributed by atoms with E-state index in [9.17, 15) is 4.79 Å². The molecular formula is C13H9ClN2O2S2. The van der Waals surface area contributed by atoms with Crippen molar-refractivity contribution in [3.8, 4) is 11.3 Å². The van der Waals surface area contributed by atoms with E-state index in [1.807, 2.05) is 29.8 Å². The fourth-order valence-corrected chi connectivity index (χ4v) is 3.59. The largest absolute Gasteiger partial charge is 0.476 e. The molecule has 0 aliphatic carbocycles. The molecule has 0 radical (unpaired) electrons. The molecule has 3 rings (SSSR count). The van der Waals surface area contributed by atoms with Gasteiger partial charge < -0.3 is 5.11 Å². The molecule has 7 heteroatoms. The van der Waals surface area contributed by atoms with E-state index >= 15 is 0 Å². The minimum absolute atomic E-state index is 0.0471. The number of carbonyl (C=O) groups is 1. The van der Waals surface area contributed by atoms with Crippen LogP contribution in [0.15, 0.2) is 34.7 Å². The molecule has 4 nitrogen and oxygen atoms in total. The Hall–Kier alpha value is -1.50. The third-order valence-electron chi connectivity index (χ3n) is 2.87. The van der Waals surface area contributed by atoms with Gasteiger partial charge in [0.15, 0.2) is 10.7 Å². The summed E-state index contributed by atoms with van der Waals surface area (Å²) in [7, 11) is 0. The Balaban J connectivity index is 2.24. The van der Waals surface area contributed by atoms with Gasteiger partial charge in [-0.25, -0.2) is 9.78 Å². The van der Waals surface area contributed by atoms with Crippen molar-refractivity contribution in [1.82, 2.24) is 9.38 Å². The van der Waals surface area contributed by atoms with Gasteiger partial charge in [-0.05, 0) is 24.5 Å². The molecule has 0 amide bonds. The number of hydrogen-bond acceptors (Lipinski definition) is 4. The lowest BCUT2D eigenvalue weighted by atomic mass is 10.2. The zero-order valence-electron chi connectivity index (χ0n) is 10.3. The van der Waals surface area contributed by atoms with Gasteiger partial charge in [0.25, 0.3) is 0 Å². The summed E-state index contributed by atoms with van der Waals surface area (Å²) in [6.45, 7) is 0. The average Bonchev–Trinajstić information content (AvgIpc) is 2.98. The summed E-state index contributed by atoms with van der Waals surface area (Å²) in [5, 5.41) is 11.6. The lowest BCUT2D eigenvalue weighted by Gasteiger charge is -2.06. The second-order valence-corrected chi connectivity index (χ2v) is 6.17. The minimum atomic E-state index is -1.02. The molecule has 0 fully saturated rings. The van der Waals surface area contributed by atoms with Crippen LogP contribution in [0.2, 0.25) is 5.02 Å². The van der Waals surface area contributed by atoms with Crippen LogP contribution in [0.5, 0.6) is 0 Å². The number of aromatic carboxylic acids is 1. The van der Waals surface area contributed by atoms with Gasteiger partial charge >= 0.3 is 5.97 Å². The average molecular weight is 325 g/mol. The fourth-order valence-electron chi connectivity index (χ4n) is 1.96. The van der Waals surface area contributed by atoms with Gasteiger partial charge in [-0.15, -0.1) is 23.1 Å². The summed E-state index contributed by atoms with van der Waals surface area (Å²) < 4.78 is 1.79. The zero-order valence-corrected chi connectivity index (χ0v) is 12.7. The number of aromatic nitrogens is 2. The van der Waals surface area contributed by atoms with Crippen LogP contribution in [0, 0.1) is 0 Å². The Morgan fingerprint density at radius 1 is 1.50 bits per heavy atom. The molecule has 0 saturated heterocycles. The molecule has 102 valence electrons. The number of halogens is 1. The maximum atomic E-state index is 11.0. The second-order valence-electron chi connectivity index (χ2n) is 4.05. The van der Waals surface area contributed by atoms with Gasteiger partial charge in [0, 0.05) is 27.1 Å². The van der Waals surface area contributed by atoms with Gasteiger partial charge in [0.05, 0.1) is 5.69 Å². The highest BCUT2D eigenvalue weighted by molar-refractivity contribution is 7.98. The highest BCUT2D eigenvalue weighted by Crippen LogP contribution is 2.35. The smallest absolute Gasteiger partial charge is 0.356 e. The van der Waals surface area contributed by atoms with Crippen molar-refractivity contribution in [3.05, 3.63) is 40.5 Å². The van der Waals surface area contributed by atoms with Crippen molar-refractivity contribution in [3.63, 3.8) is 0 Å². The first kappa shape index (κ1) is 13.5. The number of carboxylic acids is 1. The monoisotopic (exact) mass is 324 g/mol. The predicted molar refractivity (Wildman–Crippen MR) is 82.3 cm³/mol. The Labute approximate surface area is 128 Å². The van der Waals surface area contributed by atoms with Gasteiger partial charge in [-0.1, -0.05) is 11.6 Å². The summed E-state index contributed by atoms with van der Waals surface area (Å²) in [5.41, 5.74) is 1.92. The fraction of sp³-hybridized carbons (Fsp3) is 0.0769. The molecule has 0 saturated carbocycles. The SMILES string of the molecule is CSc1ccc(Cl)cc1-c1csc2nc(C(=O)O)cn12. The van der Waals surface area contributed by atoms with Crippen LogP contribution >= 0.6 is 34.7 Å². The Morgan fingerprint density at radius 2 is 2.30 bits per heavy atom. The number of hydrogen-bond donors (Lipinski definition) is 1. The van der Waals surface area contributed by atoms with E-state index in [0.717, 1.165) is 16.2 Å². The van der Waals surface area contributed by atoms with Crippen molar-refractivity contribution in [1.29, 1.82) is 0 Å². The van der Waals surface area contributed by atoms with Crippen molar-refractivity contribution in [2.45, 2.75) is 4.90 Å². The maximum Gasteiger partial charge on any atom is 0.356 e. The molecule has 1 N–H and O–H groups in total. The molecule has 1 aromatic carbocycles. The van der Waals surface area contributed by atoms with Gasteiger partial charge in [-0.2, -0.15) is 0 Å². The number of thiazole rings is 1. The summed E-state index contributed by atoms with van der Waals surface area (Å²) in [6, 6.07) is 5.69. The molecule has 0 atom stereocenters. The Morgan fingerprint density at radius 3 is 3.00 bits per heavy atom. The molecule has 3 aromatic rings. The van der Waals surface area contributed by atoms with E-state index in [2.05, 4.69) is 4.98 Å². The van der Waals surface area contributed by atoms with Crippen molar-refractivity contribution in [2.75, 3.05) is 6.26 Å². The number of thioether (sulfide) groups is 1. The van der Waals surface area contributed by atoms with Crippen LogP contribution in [-0.4, -0.2) is 26.7 Å². The molecule has 2 heterocycles. The quantitative estimate of drug-likeness (QED) is 0.736. The van der Waals surface area contributed by atoms with E-state index in [1.165, 1.54) is 17.5 Å². The number of fused-ring (bicyclic) bond motifs is 1. The van der Waals surface area contributed by atoms with Crippen molar-refractivity contribution in [2.24, 2.45) is 0 Å². The van der Waals surface area contributed by atoms with E-state index in [4.69, 9.17) is 16.7 Å². The van der Waals surface area contributed by atoms with Crippen LogP contribution in [0.25, 0.3) is 16.2 Å². The van der Waals surface area contributed by atoms with Gasteiger partial charge in [-0.3, -0.25) is 4.40 Å². The molecule has 0 spiro atoms. The summed E-state index contributed by atoms with van der Waals surface area (Å²) in [4.78, 5) is 16.8. The van der Waals surface area contributed by atoms with E-state index in [-0.39, 0.29) is 5.69 Å². The molecule has 0 bridgehead atoms. The highest BCUT2D eigenvalue weighted by Gasteiger charge is 2.15. The predicted octanol–water partition coefficient (Wildman–Crippen LogP) is 4.14. The van der Waals surface area contributed by atoms with E-state index in [0.29, 0.717) is 9.98 Å². The molecule has 0 aliphatic heterocycles. The number of benzene rings is 1. The number of carboxylic acid groups (broad SMARTS) is 1. The maximum absolute atomic E-state index is 11.0. The van der Waals surface area contributed by atoms with E-state index in [1.54, 1.807) is 16.2 Å². The zero-order chi connectivity index (χ0) is 14.3. The third kappa shape index (κ3) is 2.19. The summed E-state index contributed by atoms with van der Waals surface area (Å²) >= 11 is 9.10. The standard InChI is InChI=1S/C13H9ClN2O2S2/c1-19-11-3-2-7(14)4-8(11)10-6-20-13-15-9(12(17)18)5-16(10)13/h2-6H,1H3,(H,17,18). The topological polar surface area (TPSA) is 54.6 Å². The van der Waals surface area contributed by atoms with E-state index < -0.39 is 5.97 Å². The van der Waals surface area contributed by atoms with Crippen LogP contribution in [-0.2, 0) is 0 Å².